The van der Waals surface area contributed by atoms with Gasteiger partial charge >= 0.3 is 5.97 Å². The molecule has 0 bridgehead atoms. The molecule has 1 aliphatic rings. The average molecular weight is 329 g/mol. The molecule has 24 heavy (non-hydrogen) atoms. The van der Waals surface area contributed by atoms with Gasteiger partial charge in [-0.15, -0.1) is 5.10 Å². The Morgan fingerprint density at radius 2 is 2.04 bits per heavy atom. The Hall–Kier alpha value is -2.77. The minimum atomic E-state index is -0.843. The van der Waals surface area contributed by atoms with Crippen molar-refractivity contribution in [3.63, 3.8) is 0 Å². The number of carboxylic acid groups (broad SMARTS) is 1. The number of tetrazole rings is 1. The van der Waals surface area contributed by atoms with Crippen LogP contribution in [0.5, 0.6) is 0 Å². The fourth-order valence-corrected chi connectivity index (χ4v) is 3.10. The Bertz CT molecular complexity index is 716. The lowest BCUT2D eigenvalue weighted by atomic mass is 9.94. The molecule has 8 heteroatoms. The number of aromatic nitrogens is 4. The number of aliphatic carboxylic acids is 1. The lowest BCUT2D eigenvalue weighted by Gasteiger charge is -2.23. The second-order valence-corrected chi connectivity index (χ2v) is 5.97. The van der Waals surface area contributed by atoms with Crippen LogP contribution in [0.4, 0.5) is 0 Å². The molecule has 1 aromatic heterocycles. The van der Waals surface area contributed by atoms with Gasteiger partial charge in [0.25, 0.3) is 5.91 Å². The van der Waals surface area contributed by atoms with E-state index in [2.05, 4.69) is 20.8 Å². The molecule has 1 amide bonds. The summed E-state index contributed by atoms with van der Waals surface area (Å²) in [4.78, 5) is 24.0. The summed E-state index contributed by atoms with van der Waals surface area (Å²) in [6.45, 7) is 0. The molecule has 0 saturated heterocycles. The van der Waals surface area contributed by atoms with Crippen LogP contribution in [0.2, 0.25) is 0 Å². The van der Waals surface area contributed by atoms with Gasteiger partial charge in [-0.1, -0.05) is 25.3 Å². The van der Waals surface area contributed by atoms with Crippen LogP contribution >= 0.6 is 0 Å². The highest BCUT2D eigenvalue weighted by molar-refractivity contribution is 5.95. The van der Waals surface area contributed by atoms with Crippen molar-refractivity contribution in [2.45, 2.75) is 38.1 Å². The van der Waals surface area contributed by atoms with Gasteiger partial charge in [-0.25, -0.2) is 4.68 Å². The normalized spacial score (nSPS) is 21.0. The number of nitrogens with one attached hydrogen (secondary N) is 1. The minimum absolute atomic E-state index is 0.275. The molecule has 2 aromatic rings. The minimum Gasteiger partial charge on any atom is -0.481 e. The van der Waals surface area contributed by atoms with Crippen LogP contribution in [0.15, 0.2) is 30.6 Å². The summed E-state index contributed by atoms with van der Waals surface area (Å²) in [6, 6.07) is 6.56. The van der Waals surface area contributed by atoms with E-state index in [1.807, 2.05) is 0 Å². The molecule has 0 unspecified atom stereocenters. The number of carbonyl (C=O) groups excluding carboxylic acids is 1. The maximum absolute atomic E-state index is 12.6. The molecule has 0 aliphatic heterocycles. The number of carboxylic acids is 1. The third kappa shape index (κ3) is 3.58. The van der Waals surface area contributed by atoms with Crippen LogP contribution in [0, 0.1) is 5.92 Å². The first-order valence-electron chi connectivity index (χ1n) is 8.02. The van der Waals surface area contributed by atoms with E-state index < -0.39 is 11.9 Å². The average Bonchev–Trinajstić information content (AvgIpc) is 3.02. The van der Waals surface area contributed by atoms with Gasteiger partial charge in [0.05, 0.1) is 11.6 Å². The van der Waals surface area contributed by atoms with Crippen LogP contribution in [-0.2, 0) is 4.79 Å². The Balaban J connectivity index is 1.76. The van der Waals surface area contributed by atoms with Crippen LogP contribution in [-0.4, -0.2) is 43.2 Å². The zero-order valence-electron chi connectivity index (χ0n) is 13.1. The predicted octanol–water partition coefficient (Wildman–Crippen LogP) is 1.43. The van der Waals surface area contributed by atoms with Crippen molar-refractivity contribution in [2.24, 2.45) is 5.92 Å². The summed E-state index contributed by atoms with van der Waals surface area (Å²) >= 11 is 0. The Labute approximate surface area is 138 Å². The lowest BCUT2D eigenvalue weighted by molar-refractivity contribution is -0.142. The Morgan fingerprint density at radius 1 is 1.21 bits per heavy atom. The summed E-state index contributed by atoms with van der Waals surface area (Å²) in [6.07, 6.45) is 5.56. The van der Waals surface area contributed by atoms with Crippen molar-refractivity contribution >= 4 is 11.9 Å². The Kier molecular flexibility index (Phi) is 4.83. The van der Waals surface area contributed by atoms with Crippen molar-refractivity contribution in [2.75, 3.05) is 0 Å². The molecule has 1 heterocycles. The molecular weight excluding hydrogens is 310 g/mol. The highest BCUT2D eigenvalue weighted by Crippen LogP contribution is 2.24. The van der Waals surface area contributed by atoms with Crippen LogP contribution < -0.4 is 5.32 Å². The van der Waals surface area contributed by atoms with Gasteiger partial charge in [0.2, 0.25) is 0 Å². The maximum atomic E-state index is 12.6. The molecule has 3 rings (SSSR count). The standard InChI is InChI=1S/C16H19N5O3/c22-15(18-14-8-3-1-2-7-13(14)16(23)24)11-5-4-6-12(9-11)21-10-17-19-20-21/h4-6,9-10,13-14H,1-3,7-8H2,(H,18,22)(H,23,24)/t13-,14+/m1/s1. The van der Waals surface area contributed by atoms with E-state index in [1.165, 1.54) is 11.0 Å². The fourth-order valence-electron chi connectivity index (χ4n) is 3.10. The lowest BCUT2D eigenvalue weighted by Crippen LogP contribution is -2.42. The van der Waals surface area contributed by atoms with E-state index in [0.717, 1.165) is 19.3 Å². The first-order valence-corrected chi connectivity index (χ1v) is 8.02. The van der Waals surface area contributed by atoms with Gasteiger partial charge in [0.1, 0.15) is 6.33 Å². The zero-order chi connectivity index (χ0) is 16.9. The molecular formula is C16H19N5O3. The SMILES string of the molecule is O=C(N[C@H]1CCCCC[C@H]1C(=O)O)c1cccc(-n2cnnn2)c1. The summed E-state index contributed by atoms with van der Waals surface area (Å²) in [5, 5.41) is 23.3. The third-order valence-corrected chi connectivity index (χ3v) is 4.37. The van der Waals surface area contributed by atoms with Crippen molar-refractivity contribution in [1.29, 1.82) is 0 Å². The molecule has 8 nitrogen and oxygen atoms in total. The van der Waals surface area contributed by atoms with E-state index in [-0.39, 0.29) is 11.9 Å². The molecule has 1 fully saturated rings. The van der Waals surface area contributed by atoms with Gasteiger partial charge < -0.3 is 10.4 Å². The second-order valence-electron chi connectivity index (χ2n) is 5.97. The highest BCUT2D eigenvalue weighted by atomic mass is 16.4. The van der Waals surface area contributed by atoms with Crippen LogP contribution in [0.25, 0.3) is 5.69 Å². The van der Waals surface area contributed by atoms with E-state index in [0.29, 0.717) is 24.1 Å². The van der Waals surface area contributed by atoms with E-state index >= 15 is 0 Å². The van der Waals surface area contributed by atoms with E-state index in [4.69, 9.17) is 0 Å². The number of nitrogens with zero attached hydrogens (tertiary/aromatic N) is 4. The Morgan fingerprint density at radius 3 is 2.79 bits per heavy atom. The fraction of sp³-hybridized carbons (Fsp3) is 0.438. The molecule has 0 radical (unpaired) electrons. The molecule has 1 aliphatic carbocycles. The number of rotatable bonds is 4. The molecule has 1 aromatic carbocycles. The summed E-state index contributed by atoms with van der Waals surface area (Å²) in [5.74, 6) is -1.65. The number of hydrogen-bond acceptors (Lipinski definition) is 5. The first kappa shape index (κ1) is 16.1. The largest absolute Gasteiger partial charge is 0.481 e. The smallest absolute Gasteiger partial charge is 0.308 e. The molecule has 0 spiro atoms. The predicted molar refractivity (Wildman–Crippen MR) is 84.6 cm³/mol. The van der Waals surface area contributed by atoms with Crippen molar-refractivity contribution in [1.82, 2.24) is 25.5 Å². The van der Waals surface area contributed by atoms with Crippen LogP contribution in [0.1, 0.15) is 42.5 Å². The van der Waals surface area contributed by atoms with Crippen molar-refractivity contribution in [3.05, 3.63) is 36.2 Å². The van der Waals surface area contributed by atoms with Gasteiger partial charge in [0, 0.05) is 11.6 Å². The third-order valence-electron chi connectivity index (χ3n) is 4.37. The van der Waals surface area contributed by atoms with Gasteiger partial charge in [0.15, 0.2) is 0 Å². The van der Waals surface area contributed by atoms with Crippen LogP contribution in [0.3, 0.4) is 0 Å². The molecule has 1 saturated carbocycles. The second kappa shape index (κ2) is 7.20. The molecule has 2 atom stereocenters. The van der Waals surface area contributed by atoms with E-state index in [1.54, 1.807) is 24.3 Å². The van der Waals surface area contributed by atoms with Gasteiger partial charge in [-0.2, -0.15) is 0 Å². The van der Waals surface area contributed by atoms with Gasteiger partial charge in [-0.3, -0.25) is 9.59 Å². The summed E-state index contributed by atoms with van der Waals surface area (Å²) < 4.78 is 1.46. The number of carbonyl (C=O) groups is 2. The number of benzene rings is 1. The quantitative estimate of drug-likeness (QED) is 0.821. The zero-order valence-corrected chi connectivity index (χ0v) is 13.1. The molecule has 2 N–H and O–H groups in total. The number of hydrogen-bond donors (Lipinski definition) is 2. The summed E-state index contributed by atoms with van der Waals surface area (Å²) in [7, 11) is 0. The van der Waals surface area contributed by atoms with Crippen molar-refractivity contribution < 1.29 is 14.7 Å². The summed E-state index contributed by atoms with van der Waals surface area (Å²) in [5.41, 5.74) is 1.12. The number of amides is 1. The van der Waals surface area contributed by atoms with Gasteiger partial charge in [-0.05, 0) is 41.5 Å². The monoisotopic (exact) mass is 329 g/mol. The maximum Gasteiger partial charge on any atom is 0.308 e. The molecule has 126 valence electrons. The first-order chi connectivity index (χ1) is 11.6. The van der Waals surface area contributed by atoms with E-state index in [9.17, 15) is 14.7 Å². The highest BCUT2D eigenvalue weighted by Gasteiger charge is 2.30. The topological polar surface area (TPSA) is 110 Å². The van der Waals surface area contributed by atoms with Crippen molar-refractivity contribution in [3.8, 4) is 5.69 Å².